The Morgan fingerprint density at radius 3 is 2.50 bits per heavy atom. The van der Waals surface area contributed by atoms with Gasteiger partial charge in [0.05, 0.1) is 0 Å². The zero-order valence-electron chi connectivity index (χ0n) is 10.8. The van der Waals surface area contributed by atoms with Gasteiger partial charge in [-0.3, -0.25) is 0 Å². The largest absolute Gasteiger partial charge is 0.384 e. The summed E-state index contributed by atoms with van der Waals surface area (Å²) in [5.41, 5.74) is 2.67. The smallest absolute Gasteiger partial charge is 0.102 e. The average molecular weight is 221 g/mol. The van der Waals surface area contributed by atoms with Crippen LogP contribution in [-0.2, 0) is 5.60 Å². The molecule has 0 spiro atoms. The number of nitrogens with one attached hydrogen (secondary N) is 1. The normalized spacial score (nSPS) is 14.8. The highest BCUT2D eigenvalue weighted by atomic mass is 16.3. The van der Waals surface area contributed by atoms with Crippen LogP contribution in [0.25, 0.3) is 0 Å². The van der Waals surface area contributed by atoms with Gasteiger partial charge in [-0.05, 0) is 37.9 Å². The summed E-state index contributed by atoms with van der Waals surface area (Å²) in [7, 11) is 0. The molecule has 1 aromatic rings. The van der Waals surface area contributed by atoms with Crippen LogP contribution in [0, 0.1) is 13.8 Å². The van der Waals surface area contributed by atoms with E-state index in [2.05, 4.69) is 44.3 Å². The molecule has 2 heteroatoms. The van der Waals surface area contributed by atoms with Gasteiger partial charge in [-0.1, -0.05) is 37.6 Å². The van der Waals surface area contributed by atoms with E-state index in [-0.39, 0.29) is 0 Å². The molecule has 0 fully saturated rings. The average Bonchev–Trinajstić information content (AvgIpc) is 2.29. The molecule has 0 saturated heterocycles. The monoisotopic (exact) mass is 221 g/mol. The second kappa shape index (κ2) is 5.46. The Labute approximate surface area is 98.7 Å². The second-order valence-corrected chi connectivity index (χ2v) is 4.48. The molecule has 0 aliphatic carbocycles. The van der Waals surface area contributed by atoms with Crippen LogP contribution in [0.5, 0.6) is 0 Å². The van der Waals surface area contributed by atoms with Gasteiger partial charge in [-0.25, -0.2) is 0 Å². The Bertz CT molecular complexity index is 349. The summed E-state index contributed by atoms with van der Waals surface area (Å²) < 4.78 is 0. The SMILES string of the molecule is CCNCC(O)(CC)c1cc(C)ccc1C. The van der Waals surface area contributed by atoms with Crippen LogP contribution in [0.1, 0.15) is 37.0 Å². The Morgan fingerprint density at radius 2 is 1.94 bits per heavy atom. The van der Waals surface area contributed by atoms with Crippen LogP contribution in [-0.4, -0.2) is 18.2 Å². The minimum absolute atomic E-state index is 0.615. The highest BCUT2D eigenvalue weighted by Crippen LogP contribution is 2.28. The Hall–Kier alpha value is -0.860. The predicted octanol–water partition coefficient (Wildman–Crippen LogP) is 2.51. The van der Waals surface area contributed by atoms with Crippen LogP contribution in [0.4, 0.5) is 0 Å². The molecular weight excluding hydrogens is 198 g/mol. The van der Waals surface area contributed by atoms with E-state index in [1.54, 1.807) is 0 Å². The Morgan fingerprint density at radius 1 is 1.25 bits per heavy atom. The minimum Gasteiger partial charge on any atom is -0.384 e. The van der Waals surface area contributed by atoms with Crippen molar-refractivity contribution < 1.29 is 5.11 Å². The number of benzene rings is 1. The van der Waals surface area contributed by atoms with Gasteiger partial charge in [0.25, 0.3) is 0 Å². The van der Waals surface area contributed by atoms with Gasteiger partial charge in [0.15, 0.2) is 0 Å². The first-order valence-corrected chi connectivity index (χ1v) is 6.04. The van der Waals surface area contributed by atoms with E-state index < -0.39 is 5.60 Å². The lowest BCUT2D eigenvalue weighted by atomic mass is 9.87. The number of aliphatic hydroxyl groups is 1. The van der Waals surface area contributed by atoms with Gasteiger partial charge >= 0.3 is 0 Å². The van der Waals surface area contributed by atoms with Gasteiger partial charge in [-0.15, -0.1) is 0 Å². The number of hydrogen-bond donors (Lipinski definition) is 2. The Kier molecular flexibility index (Phi) is 4.51. The molecule has 0 aliphatic rings. The number of rotatable bonds is 5. The third-order valence-corrected chi connectivity index (χ3v) is 3.15. The van der Waals surface area contributed by atoms with Crippen molar-refractivity contribution in [2.24, 2.45) is 0 Å². The van der Waals surface area contributed by atoms with Crippen LogP contribution in [0.15, 0.2) is 18.2 Å². The molecule has 0 heterocycles. The maximum absolute atomic E-state index is 10.7. The quantitative estimate of drug-likeness (QED) is 0.800. The Balaban J connectivity index is 3.06. The minimum atomic E-state index is -0.744. The summed E-state index contributed by atoms with van der Waals surface area (Å²) in [6.45, 7) is 9.70. The highest BCUT2D eigenvalue weighted by molar-refractivity contribution is 5.35. The number of aryl methyl sites for hydroxylation is 2. The van der Waals surface area contributed by atoms with Crippen molar-refractivity contribution in [1.82, 2.24) is 5.32 Å². The topological polar surface area (TPSA) is 32.3 Å². The molecule has 2 nitrogen and oxygen atoms in total. The second-order valence-electron chi connectivity index (χ2n) is 4.48. The molecular formula is C14H23NO. The molecule has 2 N–H and O–H groups in total. The molecule has 1 aromatic carbocycles. The summed E-state index contributed by atoms with van der Waals surface area (Å²) in [6, 6.07) is 6.26. The van der Waals surface area contributed by atoms with Gasteiger partial charge in [0.1, 0.15) is 5.60 Å². The van der Waals surface area contributed by atoms with Crippen LogP contribution in [0.2, 0.25) is 0 Å². The van der Waals surface area contributed by atoms with Crippen molar-refractivity contribution in [3.05, 3.63) is 34.9 Å². The number of hydrogen-bond acceptors (Lipinski definition) is 2. The summed E-state index contributed by atoms with van der Waals surface area (Å²) >= 11 is 0. The lowest BCUT2D eigenvalue weighted by Gasteiger charge is -2.29. The van der Waals surface area contributed by atoms with Gasteiger partial charge < -0.3 is 10.4 Å². The summed E-state index contributed by atoms with van der Waals surface area (Å²) in [4.78, 5) is 0. The molecule has 16 heavy (non-hydrogen) atoms. The van der Waals surface area contributed by atoms with Crippen molar-refractivity contribution in [2.45, 2.75) is 39.7 Å². The van der Waals surface area contributed by atoms with E-state index in [0.29, 0.717) is 6.54 Å². The standard InChI is InChI=1S/C14H23NO/c1-5-14(16,10-15-6-2)13-9-11(3)7-8-12(13)4/h7-9,15-16H,5-6,10H2,1-4H3. The fraction of sp³-hybridized carbons (Fsp3) is 0.571. The van der Waals surface area contributed by atoms with Gasteiger partial charge in [-0.2, -0.15) is 0 Å². The lowest BCUT2D eigenvalue weighted by molar-refractivity contribution is 0.0326. The molecule has 1 unspecified atom stereocenters. The molecule has 0 radical (unpaired) electrons. The van der Waals surface area contributed by atoms with Crippen molar-refractivity contribution >= 4 is 0 Å². The molecule has 0 aromatic heterocycles. The van der Waals surface area contributed by atoms with E-state index in [0.717, 1.165) is 24.1 Å². The first kappa shape index (κ1) is 13.2. The first-order chi connectivity index (χ1) is 7.53. The van der Waals surface area contributed by atoms with Crippen molar-refractivity contribution in [3.8, 4) is 0 Å². The zero-order valence-corrected chi connectivity index (χ0v) is 10.8. The maximum Gasteiger partial charge on any atom is 0.102 e. The third kappa shape index (κ3) is 2.83. The van der Waals surface area contributed by atoms with E-state index in [9.17, 15) is 5.11 Å². The van der Waals surface area contributed by atoms with Crippen LogP contribution < -0.4 is 5.32 Å². The van der Waals surface area contributed by atoms with Crippen molar-refractivity contribution in [1.29, 1.82) is 0 Å². The van der Waals surface area contributed by atoms with Gasteiger partial charge in [0.2, 0.25) is 0 Å². The molecule has 90 valence electrons. The first-order valence-electron chi connectivity index (χ1n) is 6.04. The fourth-order valence-corrected chi connectivity index (χ4v) is 1.98. The zero-order chi connectivity index (χ0) is 12.2. The summed E-state index contributed by atoms with van der Waals surface area (Å²) in [5, 5.41) is 13.9. The maximum atomic E-state index is 10.7. The number of likely N-dealkylation sites (N-methyl/N-ethyl adjacent to an activating group) is 1. The van der Waals surface area contributed by atoms with Crippen molar-refractivity contribution in [2.75, 3.05) is 13.1 Å². The van der Waals surface area contributed by atoms with Gasteiger partial charge in [0, 0.05) is 6.54 Å². The van der Waals surface area contributed by atoms with Crippen LogP contribution >= 0.6 is 0 Å². The third-order valence-electron chi connectivity index (χ3n) is 3.15. The molecule has 0 saturated carbocycles. The molecule has 0 aliphatic heterocycles. The van der Waals surface area contributed by atoms with E-state index >= 15 is 0 Å². The lowest BCUT2D eigenvalue weighted by Crippen LogP contribution is -2.38. The van der Waals surface area contributed by atoms with E-state index in [1.165, 1.54) is 5.56 Å². The van der Waals surface area contributed by atoms with E-state index in [1.807, 2.05) is 6.92 Å². The molecule has 1 rings (SSSR count). The van der Waals surface area contributed by atoms with Crippen LogP contribution in [0.3, 0.4) is 0 Å². The summed E-state index contributed by atoms with van der Waals surface area (Å²) in [5.74, 6) is 0. The molecule has 0 bridgehead atoms. The highest BCUT2D eigenvalue weighted by Gasteiger charge is 2.28. The molecule has 0 amide bonds. The fourth-order valence-electron chi connectivity index (χ4n) is 1.98. The predicted molar refractivity (Wildman–Crippen MR) is 68.6 cm³/mol. The molecule has 1 atom stereocenters. The van der Waals surface area contributed by atoms with Crippen molar-refractivity contribution in [3.63, 3.8) is 0 Å². The summed E-state index contributed by atoms with van der Waals surface area (Å²) in [6.07, 6.45) is 0.726. The van der Waals surface area contributed by atoms with E-state index in [4.69, 9.17) is 0 Å².